The highest BCUT2D eigenvalue weighted by molar-refractivity contribution is 7.13. The molecule has 0 saturated heterocycles. The van der Waals surface area contributed by atoms with Crippen LogP contribution in [-0.2, 0) is 14.2 Å². The van der Waals surface area contributed by atoms with Gasteiger partial charge in [0.2, 0.25) is 0 Å². The summed E-state index contributed by atoms with van der Waals surface area (Å²) in [6.07, 6.45) is -0.734. The lowest BCUT2D eigenvalue weighted by molar-refractivity contribution is 0.0559. The topological polar surface area (TPSA) is 90.9 Å². The fourth-order valence-electron chi connectivity index (χ4n) is 1.41. The van der Waals surface area contributed by atoms with Gasteiger partial charge in [0, 0.05) is 5.38 Å². The number of anilines is 1. The number of carbonyl (C=O) groups excluding carboxylic acids is 3. The molecule has 1 amide bonds. The first kappa shape index (κ1) is 17.0. The maximum absolute atomic E-state index is 11.8. The van der Waals surface area contributed by atoms with E-state index in [2.05, 4.69) is 14.8 Å². The third-order valence-electron chi connectivity index (χ3n) is 2.19. The summed E-state index contributed by atoms with van der Waals surface area (Å²) in [6, 6.07) is 0. The molecule has 1 heterocycles. The zero-order valence-corrected chi connectivity index (χ0v) is 13.3. The number of hydrogen-bond acceptors (Lipinski definition) is 7. The summed E-state index contributed by atoms with van der Waals surface area (Å²) in [7, 11) is 2.38. The molecule has 0 atom stereocenters. The van der Waals surface area contributed by atoms with Gasteiger partial charge in [-0.25, -0.2) is 14.4 Å². The molecule has 0 bridgehead atoms. The zero-order chi connectivity index (χ0) is 16.2. The van der Waals surface area contributed by atoms with Gasteiger partial charge < -0.3 is 14.2 Å². The van der Waals surface area contributed by atoms with Crippen molar-refractivity contribution in [3.05, 3.63) is 15.8 Å². The summed E-state index contributed by atoms with van der Waals surface area (Å²) in [4.78, 5) is 35.2. The summed E-state index contributed by atoms with van der Waals surface area (Å²) in [5, 5.41) is 3.87. The molecule has 1 rings (SSSR count). The van der Waals surface area contributed by atoms with Crippen LogP contribution < -0.4 is 5.32 Å². The lowest BCUT2D eigenvalue weighted by Crippen LogP contribution is -2.27. The van der Waals surface area contributed by atoms with Crippen molar-refractivity contribution in [2.75, 3.05) is 19.5 Å². The van der Waals surface area contributed by atoms with Crippen LogP contribution >= 0.6 is 11.3 Å². The summed E-state index contributed by atoms with van der Waals surface area (Å²) in [5.41, 5.74) is -0.599. The Morgan fingerprint density at radius 1 is 1.10 bits per heavy atom. The van der Waals surface area contributed by atoms with Crippen LogP contribution in [0.3, 0.4) is 0 Å². The van der Waals surface area contributed by atoms with E-state index in [1.807, 2.05) is 0 Å². The van der Waals surface area contributed by atoms with Crippen LogP contribution in [0.4, 0.5) is 10.5 Å². The van der Waals surface area contributed by atoms with Gasteiger partial charge in [-0.1, -0.05) is 0 Å². The number of carbonyl (C=O) groups is 3. The molecule has 116 valence electrons. The van der Waals surface area contributed by atoms with E-state index in [0.29, 0.717) is 0 Å². The lowest BCUT2D eigenvalue weighted by atomic mass is 10.2. The Hall–Kier alpha value is -2.09. The SMILES string of the molecule is COC(=O)c1scc(NC(=O)OC(C)(C)C)c1C(=O)OC. The first-order valence-corrected chi connectivity index (χ1v) is 6.85. The molecular weight excluding hydrogens is 298 g/mol. The van der Waals surface area contributed by atoms with Gasteiger partial charge in [0.25, 0.3) is 0 Å². The fraction of sp³-hybridized carbons (Fsp3) is 0.462. The van der Waals surface area contributed by atoms with Crippen LogP contribution in [0.15, 0.2) is 5.38 Å². The van der Waals surface area contributed by atoms with E-state index in [1.165, 1.54) is 19.6 Å². The minimum atomic E-state index is -0.747. The molecule has 0 aliphatic rings. The Bertz CT molecular complexity index is 557. The van der Waals surface area contributed by atoms with Gasteiger partial charge >= 0.3 is 18.0 Å². The first-order valence-electron chi connectivity index (χ1n) is 5.97. The van der Waals surface area contributed by atoms with Crippen molar-refractivity contribution in [3.63, 3.8) is 0 Å². The Morgan fingerprint density at radius 3 is 2.14 bits per heavy atom. The molecule has 7 nitrogen and oxygen atoms in total. The number of esters is 2. The zero-order valence-electron chi connectivity index (χ0n) is 12.4. The van der Waals surface area contributed by atoms with Crippen molar-refractivity contribution in [2.24, 2.45) is 0 Å². The normalized spacial score (nSPS) is 10.7. The number of thiophene rings is 1. The summed E-state index contributed by atoms with van der Waals surface area (Å²) in [5.74, 6) is -1.43. The second-order valence-electron chi connectivity index (χ2n) is 4.96. The highest BCUT2D eigenvalue weighted by Crippen LogP contribution is 2.29. The van der Waals surface area contributed by atoms with Crippen LogP contribution in [0.5, 0.6) is 0 Å². The van der Waals surface area contributed by atoms with Gasteiger partial charge in [0.1, 0.15) is 16.0 Å². The molecule has 0 saturated carbocycles. The standard InChI is InChI=1S/C13H17NO6S/c1-13(2,3)20-12(17)14-7-6-21-9(11(16)19-5)8(7)10(15)18-4/h6H,1-5H3,(H,14,17). The van der Waals surface area contributed by atoms with E-state index in [1.54, 1.807) is 20.8 Å². The molecule has 1 aromatic heterocycles. The Kier molecular flexibility index (Phi) is 5.31. The molecule has 1 N–H and O–H groups in total. The Morgan fingerprint density at radius 2 is 1.67 bits per heavy atom. The quantitative estimate of drug-likeness (QED) is 0.681. The Labute approximate surface area is 126 Å². The van der Waals surface area contributed by atoms with Crippen LogP contribution in [0, 0.1) is 0 Å². The predicted octanol–water partition coefficient (Wildman–Crippen LogP) is 2.67. The van der Waals surface area contributed by atoms with E-state index >= 15 is 0 Å². The number of amides is 1. The second-order valence-corrected chi connectivity index (χ2v) is 5.84. The molecule has 0 aliphatic carbocycles. The average Bonchev–Trinajstić information content (AvgIpc) is 2.78. The van der Waals surface area contributed by atoms with Gasteiger partial charge in [-0.05, 0) is 20.8 Å². The minimum Gasteiger partial charge on any atom is -0.465 e. The number of hydrogen-bond donors (Lipinski definition) is 1. The number of nitrogens with one attached hydrogen (secondary N) is 1. The molecule has 8 heteroatoms. The van der Waals surface area contributed by atoms with Crippen molar-refractivity contribution in [3.8, 4) is 0 Å². The van der Waals surface area contributed by atoms with Crippen molar-refractivity contribution in [1.29, 1.82) is 0 Å². The third-order valence-corrected chi connectivity index (χ3v) is 3.15. The minimum absolute atomic E-state index is 0.0513. The monoisotopic (exact) mass is 315 g/mol. The van der Waals surface area contributed by atoms with Crippen molar-refractivity contribution in [1.82, 2.24) is 0 Å². The van der Waals surface area contributed by atoms with Crippen LogP contribution in [0.1, 0.15) is 40.8 Å². The maximum Gasteiger partial charge on any atom is 0.412 e. The fourth-order valence-corrected chi connectivity index (χ4v) is 2.31. The van der Waals surface area contributed by atoms with Gasteiger partial charge in [-0.15, -0.1) is 11.3 Å². The third kappa shape index (κ3) is 4.45. The molecule has 0 unspecified atom stereocenters. The number of methoxy groups -OCH3 is 2. The van der Waals surface area contributed by atoms with Crippen molar-refractivity contribution >= 4 is 35.1 Å². The maximum atomic E-state index is 11.8. The predicted molar refractivity (Wildman–Crippen MR) is 76.9 cm³/mol. The van der Waals surface area contributed by atoms with E-state index in [9.17, 15) is 14.4 Å². The molecule has 21 heavy (non-hydrogen) atoms. The summed E-state index contributed by atoms with van der Waals surface area (Å²) < 4.78 is 14.3. The molecular formula is C13H17NO6S. The number of rotatable bonds is 3. The van der Waals surface area contributed by atoms with Gasteiger partial charge in [0.15, 0.2) is 0 Å². The van der Waals surface area contributed by atoms with Crippen molar-refractivity contribution in [2.45, 2.75) is 26.4 Å². The summed E-state index contributed by atoms with van der Waals surface area (Å²) >= 11 is 0.967. The smallest absolute Gasteiger partial charge is 0.412 e. The molecule has 0 aliphatic heterocycles. The highest BCUT2D eigenvalue weighted by Gasteiger charge is 2.27. The molecule has 1 aromatic rings. The van der Waals surface area contributed by atoms with E-state index in [4.69, 9.17) is 4.74 Å². The molecule has 0 radical (unpaired) electrons. The number of ether oxygens (including phenoxy) is 3. The Balaban J connectivity index is 3.08. The largest absolute Gasteiger partial charge is 0.465 e. The van der Waals surface area contributed by atoms with Crippen LogP contribution in [0.2, 0.25) is 0 Å². The highest BCUT2D eigenvalue weighted by atomic mass is 32.1. The van der Waals surface area contributed by atoms with Gasteiger partial charge in [-0.2, -0.15) is 0 Å². The van der Waals surface area contributed by atoms with Crippen LogP contribution in [0.25, 0.3) is 0 Å². The lowest BCUT2D eigenvalue weighted by Gasteiger charge is -2.19. The van der Waals surface area contributed by atoms with Gasteiger partial charge in [-0.3, -0.25) is 5.32 Å². The van der Waals surface area contributed by atoms with Crippen LogP contribution in [-0.4, -0.2) is 37.9 Å². The van der Waals surface area contributed by atoms with E-state index < -0.39 is 23.6 Å². The van der Waals surface area contributed by atoms with Crippen molar-refractivity contribution < 1.29 is 28.6 Å². The second kappa shape index (κ2) is 6.57. The first-order chi connectivity index (χ1) is 9.69. The average molecular weight is 315 g/mol. The van der Waals surface area contributed by atoms with E-state index in [-0.39, 0.29) is 16.1 Å². The van der Waals surface area contributed by atoms with Gasteiger partial charge in [0.05, 0.1) is 19.9 Å². The molecule has 0 fully saturated rings. The summed E-state index contributed by atoms with van der Waals surface area (Å²) in [6.45, 7) is 5.13. The molecule has 0 aromatic carbocycles. The van der Waals surface area contributed by atoms with E-state index in [0.717, 1.165) is 11.3 Å². The molecule has 0 spiro atoms.